The number of amides is 2. The molecule has 1 atom stereocenters. The first-order chi connectivity index (χ1) is 15.5. The molecule has 1 unspecified atom stereocenters. The van der Waals surface area contributed by atoms with Gasteiger partial charge in [0.2, 0.25) is 11.8 Å². The third-order valence-electron chi connectivity index (χ3n) is 6.44. The van der Waals surface area contributed by atoms with Crippen molar-refractivity contribution in [2.24, 2.45) is 0 Å². The molecule has 0 saturated carbocycles. The monoisotopic (exact) mass is 436 g/mol. The first-order valence-corrected chi connectivity index (χ1v) is 11.5. The average Bonchev–Trinajstić information content (AvgIpc) is 3.11. The highest BCUT2D eigenvalue weighted by atomic mass is 16.5. The Morgan fingerprint density at radius 3 is 2.84 bits per heavy atom. The van der Waals surface area contributed by atoms with Crippen molar-refractivity contribution in [2.75, 3.05) is 31.7 Å². The summed E-state index contributed by atoms with van der Waals surface area (Å²) < 4.78 is 5.10. The molecular weight excluding hydrogens is 404 g/mol. The lowest BCUT2D eigenvalue weighted by Gasteiger charge is -2.35. The van der Waals surface area contributed by atoms with Crippen LogP contribution in [0.15, 0.2) is 24.3 Å². The van der Waals surface area contributed by atoms with Gasteiger partial charge in [0.05, 0.1) is 25.5 Å². The number of hydrogen-bond acceptors (Lipinski definition) is 5. The number of carbonyl (C=O) groups excluding carboxylic acids is 2. The van der Waals surface area contributed by atoms with Crippen molar-refractivity contribution < 1.29 is 14.3 Å². The van der Waals surface area contributed by atoms with Crippen molar-refractivity contribution >= 4 is 17.6 Å². The highest BCUT2D eigenvalue weighted by molar-refractivity contribution is 6.00. The predicted octanol–water partition coefficient (Wildman–Crippen LogP) is 3.32. The minimum absolute atomic E-state index is 0.0684. The first-order valence-electron chi connectivity index (χ1n) is 11.5. The van der Waals surface area contributed by atoms with E-state index in [1.165, 1.54) is 11.1 Å². The van der Waals surface area contributed by atoms with E-state index < -0.39 is 0 Å². The normalized spacial score (nSPS) is 18.2. The predicted molar refractivity (Wildman–Crippen MR) is 123 cm³/mol. The minimum atomic E-state index is -0.147. The lowest BCUT2D eigenvalue weighted by atomic mass is 10.0. The van der Waals surface area contributed by atoms with Gasteiger partial charge in [0, 0.05) is 31.5 Å². The fourth-order valence-electron chi connectivity index (χ4n) is 4.72. The fourth-order valence-corrected chi connectivity index (χ4v) is 4.72. The lowest BCUT2D eigenvalue weighted by molar-refractivity contribution is -0.136. The number of piperidine rings is 1. The Bertz CT molecular complexity index is 1010. The Kier molecular flexibility index (Phi) is 6.84. The van der Waals surface area contributed by atoms with Gasteiger partial charge in [0.15, 0.2) is 5.82 Å². The lowest BCUT2D eigenvalue weighted by Crippen LogP contribution is -2.40. The van der Waals surface area contributed by atoms with Crippen LogP contribution in [0.25, 0.3) is 0 Å². The van der Waals surface area contributed by atoms with Crippen LogP contribution in [0.5, 0.6) is 0 Å². The Morgan fingerprint density at radius 2 is 2.06 bits per heavy atom. The summed E-state index contributed by atoms with van der Waals surface area (Å²) in [5, 5.41) is 0. The number of aromatic nitrogens is 2. The topological polar surface area (TPSA) is 75.6 Å². The van der Waals surface area contributed by atoms with E-state index in [9.17, 15) is 9.59 Å². The SMILES string of the molecule is COCCC(=O)N1CCCCC1c1nc(C)c2c(n1)N(CCc1cccc(C)c1)C(=O)C2. The standard InChI is InChI=1S/C25H32N4O3/c1-17-7-6-8-19(15-17)10-13-29-23(31)16-20-18(2)26-24(27-25(20)29)21-9-4-5-12-28(21)22(30)11-14-32-3/h6-8,15,21H,4-5,9-14,16H2,1-3H3. The molecule has 32 heavy (non-hydrogen) atoms. The third kappa shape index (κ3) is 4.67. The van der Waals surface area contributed by atoms with Gasteiger partial charge in [-0.1, -0.05) is 29.8 Å². The molecule has 1 fully saturated rings. The number of nitrogens with zero attached hydrogens (tertiary/aromatic N) is 4. The van der Waals surface area contributed by atoms with Gasteiger partial charge in [-0.25, -0.2) is 9.97 Å². The molecule has 1 aromatic carbocycles. The number of aryl methyl sites for hydroxylation is 2. The van der Waals surface area contributed by atoms with Crippen molar-refractivity contribution in [3.05, 3.63) is 52.5 Å². The Balaban J connectivity index is 1.59. The number of fused-ring (bicyclic) bond motifs is 1. The van der Waals surface area contributed by atoms with Crippen molar-refractivity contribution in [1.82, 2.24) is 14.9 Å². The van der Waals surface area contributed by atoms with Crippen LogP contribution in [-0.4, -0.2) is 53.5 Å². The van der Waals surface area contributed by atoms with E-state index in [0.29, 0.717) is 38.4 Å². The van der Waals surface area contributed by atoms with Gasteiger partial charge < -0.3 is 9.64 Å². The number of benzene rings is 1. The second kappa shape index (κ2) is 9.77. The summed E-state index contributed by atoms with van der Waals surface area (Å²) in [6.07, 6.45) is 4.34. The Hall–Kier alpha value is -2.80. The zero-order valence-electron chi connectivity index (χ0n) is 19.3. The highest BCUT2D eigenvalue weighted by Crippen LogP contribution is 2.34. The molecular formula is C25H32N4O3. The van der Waals surface area contributed by atoms with Gasteiger partial charge >= 0.3 is 0 Å². The zero-order chi connectivity index (χ0) is 22.7. The number of ether oxygens (including phenoxy) is 1. The highest BCUT2D eigenvalue weighted by Gasteiger charge is 2.35. The molecule has 1 saturated heterocycles. The van der Waals surface area contributed by atoms with Crippen molar-refractivity contribution in [3.8, 4) is 0 Å². The molecule has 3 heterocycles. The molecule has 0 aliphatic carbocycles. The van der Waals surface area contributed by atoms with Crippen LogP contribution in [-0.2, 0) is 27.2 Å². The van der Waals surface area contributed by atoms with E-state index in [0.717, 1.165) is 42.8 Å². The zero-order valence-corrected chi connectivity index (χ0v) is 19.3. The molecule has 2 aliphatic rings. The van der Waals surface area contributed by atoms with Crippen LogP contribution in [0.4, 0.5) is 5.82 Å². The molecule has 2 amide bonds. The van der Waals surface area contributed by atoms with Crippen molar-refractivity contribution in [2.45, 2.75) is 58.4 Å². The molecule has 2 aliphatic heterocycles. The summed E-state index contributed by atoms with van der Waals surface area (Å²) in [7, 11) is 1.61. The van der Waals surface area contributed by atoms with E-state index in [2.05, 4.69) is 25.1 Å². The first kappa shape index (κ1) is 22.4. The van der Waals surface area contributed by atoms with E-state index in [1.807, 2.05) is 17.9 Å². The van der Waals surface area contributed by atoms with E-state index >= 15 is 0 Å². The maximum absolute atomic E-state index is 12.8. The smallest absolute Gasteiger partial charge is 0.232 e. The number of carbonyl (C=O) groups is 2. The number of hydrogen-bond donors (Lipinski definition) is 0. The van der Waals surface area contributed by atoms with E-state index in [4.69, 9.17) is 14.7 Å². The number of likely N-dealkylation sites (tertiary alicyclic amines) is 1. The van der Waals surface area contributed by atoms with Crippen LogP contribution in [0.2, 0.25) is 0 Å². The second-order valence-electron chi connectivity index (χ2n) is 8.77. The van der Waals surface area contributed by atoms with E-state index in [1.54, 1.807) is 12.0 Å². The fraction of sp³-hybridized carbons (Fsp3) is 0.520. The van der Waals surface area contributed by atoms with Crippen LogP contribution >= 0.6 is 0 Å². The molecule has 4 rings (SSSR count). The summed E-state index contributed by atoms with van der Waals surface area (Å²) in [4.78, 5) is 39.0. The largest absolute Gasteiger partial charge is 0.384 e. The van der Waals surface area contributed by atoms with Gasteiger partial charge in [0.25, 0.3) is 0 Å². The maximum Gasteiger partial charge on any atom is 0.232 e. The van der Waals surface area contributed by atoms with Gasteiger partial charge in [0.1, 0.15) is 5.82 Å². The van der Waals surface area contributed by atoms with E-state index in [-0.39, 0.29) is 17.9 Å². The van der Waals surface area contributed by atoms with Crippen LogP contribution in [0.1, 0.15) is 59.9 Å². The number of anilines is 1. The molecule has 7 nitrogen and oxygen atoms in total. The van der Waals surface area contributed by atoms with Crippen molar-refractivity contribution in [3.63, 3.8) is 0 Å². The summed E-state index contributed by atoms with van der Waals surface area (Å²) in [5.41, 5.74) is 4.17. The van der Waals surface area contributed by atoms with Crippen LogP contribution in [0, 0.1) is 13.8 Å². The number of methoxy groups -OCH3 is 1. The minimum Gasteiger partial charge on any atom is -0.384 e. The Morgan fingerprint density at radius 1 is 1.22 bits per heavy atom. The summed E-state index contributed by atoms with van der Waals surface area (Å²) in [6.45, 7) is 5.73. The molecule has 0 radical (unpaired) electrons. The molecule has 170 valence electrons. The molecule has 0 spiro atoms. The third-order valence-corrected chi connectivity index (χ3v) is 6.44. The maximum atomic E-state index is 12.8. The molecule has 1 aromatic heterocycles. The van der Waals surface area contributed by atoms with Gasteiger partial charge in [-0.05, 0) is 45.1 Å². The van der Waals surface area contributed by atoms with Gasteiger partial charge in [-0.15, -0.1) is 0 Å². The average molecular weight is 437 g/mol. The molecule has 2 aromatic rings. The quantitative estimate of drug-likeness (QED) is 0.666. The van der Waals surface area contributed by atoms with Crippen LogP contribution < -0.4 is 4.90 Å². The number of rotatable bonds is 7. The summed E-state index contributed by atoms with van der Waals surface area (Å²) in [6, 6.07) is 8.23. The van der Waals surface area contributed by atoms with Crippen molar-refractivity contribution in [1.29, 1.82) is 0 Å². The Labute approximate surface area is 189 Å². The summed E-state index contributed by atoms with van der Waals surface area (Å²) in [5.74, 6) is 1.52. The summed E-state index contributed by atoms with van der Waals surface area (Å²) >= 11 is 0. The molecule has 7 heteroatoms. The van der Waals surface area contributed by atoms with Crippen LogP contribution in [0.3, 0.4) is 0 Å². The molecule has 0 bridgehead atoms. The second-order valence-corrected chi connectivity index (χ2v) is 8.77. The molecule has 0 N–H and O–H groups in total. The van der Waals surface area contributed by atoms with Gasteiger partial charge in [-0.3, -0.25) is 14.5 Å². The van der Waals surface area contributed by atoms with Gasteiger partial charge in [-0.2, -0.15) is 0 Å².